The summed E-state index contributed by atoms with van der Waals surface area (Å²) in [5, 5.41) is 34.0. The van der Waals surface area contributed by atoms with Gasteiger partial charge in [-0.2, -0.15) is 15.8 Å². The molecule has 50 heavy (non-hydrogen) atoms. The van der Waals surface area contributed by atoms with Crippen molar-refractivity contribution in [2.24, 2.45) is 0 Å². The van der Waals surface area contributed by atoms with Crippen molar-refractivity contribution >= 4 is 43.6 Å². The van der Waals surface area contributed by atoms with Gasteiger partial charge in [-0.1, -0.05) is 78.9 Å². The van der Waals surface area contributed by atoms with E-state index in [0.717, 1.165) is 77.2 Å². The van der Waals surface area contributed by atoms with Gasteiger partial charge in [0.2, 0.25) is 0 Å². The largest absolute Gasteiger partial charge is 0.309 e. The van der Waals surface area contributed by atoms with Gasteiger partial charge in [-0.05, 0) is 83.9 Å². The lowest BCUT2D eigenvalue weighted by molar-refractivity contribution is 1.18. The Hall–Kier alpha value is -7.39. The highest BCUT2D eigenvalue weighted by molar-refractivity contribution is 6.12. The van der Waals surface area contributed by atoms with Crippen molar-refractivity contribution in [3.05, 3.63) is 168 Å². The molecule has 9 aromatic rings. The monoisotopic (exact) mass is 635 g/mol. The highest BCUT2D eigenvalue weighted by Crippen LogP contribution is 2.39. The van der Waals surface area contributed by atoms with Crippen LogP contribution in [0.4, 0.5) is 0 Å². The zero-order valence-electron chi connectivity index (χ0n) is 26.7. The first kappa shape index (κ1) is 28.8. The topological polar surface area (TPSA) is 81.2 Å². The molecule has 2 aromatic heterocycles. The second-order valence-corrected chi connectivity index (χ2v) is 12.3. The molecule has 0 aliphatic rings. The molecular formula is C45H25N5. The van der Waals surface area contributed by atoms with E-state index in [1.54, 1.807) is 0 Å². The first-order valence-corrected chi connectivity index (χ1v) is 16.3. The Morgan fingerprint density at radius 2 is 1.08 bits per heavy atom. The fourth-order valence-corrected chi connectivity index (χ4v) is 7.47. The Balaban J connectivity index is 1.24. The van der Waals surface area contributed by atoms with E-state index in [4.69, 9.17) is 0 Å². The minimum absolute atomic E-state index is 0.582. The zero-order chi connectivity index (χ0) is 33.8. The molecule has 9 rings (SSSR count). The quantitative estimate of drug-likeness (QED) is 0.193. The van der Waals surface area contributed by atoms with Crippen LogP contribution in [0.15, 0.2) is 152 Å². The van der Waals surface area contributed by atoms with Crippen molar-refractivity contribution in [1.82, 2.24) is 9.13 Å². The minimum atomic E-state index is 0.582. The van der Waals surface area contributed by atoms with Crippen LogP contribution in [0.25, 0.3) is 77.2 Å². The van der Waals surface area contributed by atoms with E-state index >= 15 is 0 Å². The van der Waals surface area contributed by atoms with Crippen LogP contribution in [0.5, 0.6) is 0 Å². The molecule has 0 unspecified atom stereocenters. The molecular weight excluding hydrogens is 611 g/mol. The smallest absolute Gasteiger partial charge is 0.0998 e. The summed E-state index contributed by atoms with van der Waals surface area (Å²) >= 11 is 0. The Bertz CT molecular complexity index is 2970. The number of rotatable bonds is 4. The van der Waals surface area contributed by atoms with Crippen LogP contribution in [0.1, 0.15) is 16.7 Å². The molecule has 0 amide bonds. The van der Waals surface area contributed by atoms with E-state index in [2.05, 4.69) is 88.0 Å². The average molecular weight is 636 g/mol. The Kier molecular flexibility index (Phi) is 6.56. The third kappa shape index (κ3) is 4.31. The van der Waals surface area contributed by atoms with Crippen molar-refractivity contribution in [1.29, 1.82) is 15.8 Å². The standard InChI is InChI=1S/C45H25N5/c46-26-29-19-22-43-39(23-29)36-13-2-5-16-41(36)50(43)40-15-4-1-12-35(40)31-20-21-32(27-47)38(25-31)30-9-7-11-34(24-30)49-42-17-6-3-14-37(42)45-33(28-48)10-8-18-44(45)49/h1-25H. The van der Waals surface area contributed by atoms with Crippen molar-refractivity contribution in [3.8, 4) is 51.8 Å². The molecule has 0 N–H and O–H groups in total. The molecule has 0 fully saturated rings. The SMILES string of the molecule is N#Cc1ccc2c(c1)c1ccccc1n2-c1ccccc1-c1ccc(C#N)c(-c2cccc(-n3c4ccccc4c4c(C#N)cccc43)c2)c1. The molecule has 0 aliphatic carbocycles. The summed E-state index contributed by atoms with van der Waals surface area (Å²) in [4.78, 5) is 0. The predicted octanol–water partition coefficient (Wildman–Crippen LogP) is 10.8. The molecule has 0 aliphatic heterocycles. The van der Waals surface area contributed by atoms with Crippen LogP contribution in [-0.4, -0.2) is 9.13 Å². The van der Waals surface area contributed by atoms with Gasteiger partial charge in [-0.15, -0.1) is 0 Å². The van der Waals surface area contributed by atoms with Gasteiger partial charge in [-0.3, -0.25) is 0 Å². The summed E-state index contributed by atoms with van der Waals surface area (Å²) in [7, 11) is 0. The first-order chi connectivity index (χ1) is 24.7. The van der Waals surface area contributed by atoms with Gasteiger partial charge in [-0.25, -0.2) is 0 Å². The minimum Gasteiger partial charge on any atom is -0.309 e. The molecule has 2 heterocycles. The fraction of sp³-hybridized carbons (Fsp3) is 0. The number of benzene rings is 7. The lowest BCUT2D eigenvalue weighted by atomic mass is 9.94. The summed E-state index contributed by atoms with van der Waals surface area (Å²) in [5.74, 6) is 0. The van der Waals surface area contributed by atoms with Gasteiger partial charge in [0, 0.05) is 38.4 Å². The maximum atomic E-state index is 10.3. The van der Waals surface area contributed by atoms with Crippen LogP contribution >= 0.6 is 0 Å². The summed E-state index contributed by atoms with van der Waals surface area (Å²) < 4.78 is 4.46. The van der Waals surface area contributed by atoms with E-state index in [1.165, 1.54) is 0 Å². The van der Waals surface area contributed by atoms with E-state index in [-0.39, 0.29) is 0 Å². The van der Waals surface area contributed by atoms with Gasteiger partial charge in [0.05, 0.1) is 62.7 Å². The van der Waals surface area contributed by atoms with E-state index in [0.29, 0.717) is 16.7 Å². The predicted molar refractivity (Wildman–Crippen MR) is 200 cm³/mol. The zero-order valence-corrected chi connectivity index (χ0v) is 26.7. The molecule has 7 aromatic carbocycles. The number of hydrogen-bond acceptors (Lipinski definition) is 3. The van der Waals surface area contributed by atoms with Crippen molar-refractivity contribution < 1.29 is 0 Å². The van der Waals surface area contributed by atoms with Crippen molar-refractivity contribution in [2.45, 2.75) is 0 Å². The normalized spacial score (nSPS) is 11.1. The molecule has 5 heteroatoms. The number of fused-ring (bicyclic) bond motifs is 6. The van der Waals surface area contributed by atoms with Crippen LogP contribution in [0.3, 0.4) is 0 Å². The molecule has 0 saturated heterocycles. The van der Waals surface area contributed by atoms with Crippen molar-refractivity contribution in [3.63, 3.8) is 0 Å². The Morgan fingerprint density at radius 3 is 1.90 bits per heavy atom. The Labute approximate surface area is 287 Å². The Morgan fingerprint density at radius 1 is 0.400 bits per heavy atom. The molecule has 0 bridgehead atoms. The highest BCUT2D eigenvalue weighted by Gasteiger charge is 2.19. The third-order valence-corrected chi connectivity index (χ3v) is 9.63. The van der Waals surface area contributed by atoms with E-state index < -0.39 is 0 Å². The molecule has 0 saturated carbocycles. The van der Waals surface area contributed by atoms with Gasteiger partial charge in [0.1, 0.15) is 0 Å². The average Bonchev–Trinajstić information content (AvgIpc) is 3.70. The van der Waals surface area contributed by atoms with E-state index in [1.807, 2.05) is 91.0 Å². The number of nitriles is 3. The summed E-state index contributed by atoms with van der Waals surface area (Å²) in [6, 6.07) is 57.8. The molecule has 230 valence electrons. The maximum absolute atomic E-state index is 10.3. The lowest BCUT2D eigenvalue weighted by Gasteiger charge is -2.16. The highest BCUT2D eigenvalue weighted by atomic mass is 15.0. The van der Waals surface area contributed by atoms with Gasteiger partial charge < -0.3 is 9.13 Å². The summed E-state index contributed by atoms with van der Waals surface area (Å²) in [5.41, 5.74) is 11.6. The van der Waals surface area contributed by atoms with Crippen molar-refractivity contribution in [2.75, 3.05) is 0 Å². The van der Waals surface area contributed by atoms with Crippen LogP contribution in [0.2, 0.25) is 0 Å². The van der Waals surface area contributed by atoms with Gasteiger partial charge in [0.25, 0.3) is 0 Å². The number of hydrogen-bond donors (Lipinski definition) is 0. The maximum Gasteiger partial charge on any atom is 0.0998 e. The van der Waals surface area contributed by atoms with Crippen LogP contribution in [-0.2, 0) is 0 Å². The first-order valence-electron chi connectivity index (χ1n) is 16.3. The summed E-state index contributed by atoms with van der Waals surface area (Å²) in [6.07, 6.45) is 0. The number of para-hydroxylation sites is 3. The molecule has 0 atom stereocenters. The third-order valence-electron chi connectivity index (χ3n) is 9.63. The van der Waals surface area contributed by atoms with Crippen LogP contribution < -0.4 is 0 Å². The summed E-state index contributed by atoms with van der Waals surface area (Å²) in [6.45, 7) is 0. The van der Waals surface area contributed by atoms with Crippen LogP contribution in [0, 0.1) is 34.0 Å². The second-order valence-electron chi connectivity index (χ2n) is 12.3. The second kappa shape index (κ2) is 11.4. The van der Waals surface area contributed by atoms with Gasteiger partial charge >= 0.3 is 0 Å². The number of aromatic nitrogens is 2. The molecule has 5 nitrogen and oxygen atoms in total. The van der Waals surface area contributed by atoms with Gasteiger partial charge in [0.15, 0.2) is 0 Å². The lowest BCUT2D eigenvalue weighted by Crippen LogP contribution is -1.98. The number of nitrogens with zero attached hydrogens (tertiary/aromatic N) is 5. The molecule has 0 radical (unpaired) electrons. The van der Waals surface area contributed by atoms with E-state index in [9.17, 15) is 15.8 Å². The fourth-order valence-electron chi connectivity index (χ4n) is 7.47. The molecule has 0 spiro atoms.